The number of nitriles is 1. The molecule has 0 aliphatic heterocycles. The van der Waals surface area contributed by atoms with Crippen LogP contribution in [0.4, 0.5) is 10.1 Å². The minimum atomic E-state index is -0.463. The van der Waals surface area contributed by atoms with Crippen molar-refractivity contribution in [3.63, 3.8) is 0 Å². The first-order valence-electron chi connectivity index (χ1n) is 5.29. The Bertz CT molecular complexity index is 374. The van der Waals surface area contributed by atoms with Gasteiger partial charge in [-0.3, -0.25) is 0 Å². The van der Waals surface area contributed by atoms with Gasteiger partial charge in [0.05, 0.1) is 5.56 Å². The second-order valence-electron chi connectivity index (χ2n) is 3.28. The molecule has 0 bridgehead atoms. The summed E-state index contributed by atoms with van der Waals surface area (Å²) in [5.74, 6) is 1.79. The quantitative estimate of drug-likeness (QED) is 0.773. The first-order valence-corrected chi connectivity index (χ1v) is 6.44. The lowest BCUT2D eigenvalue weighted by Gasteiger charge is -2.06. The molecule has 0 aliphatic rings. The molecular weight excluding hydrogens is 223 g/mol. The molecule has 0 atom stereocenters. The van der Waals surface area contributed by atoms with Gasteiger partial charge in [-0.2, -0.15) is 17.0 Å². The molecule has 1 rings (SSSR count). The van der Waals surface area contributed by atoms with Crippen molar-refractivity contribution in [1.82, 2.24) is 0 Å². The molecule has 0 spiro atoms. The van der Waals surface area contributed by atoms with Crippen LogP contribution >= 0.6 is 11.8 Å². The molecule has 0 heterocycles. The highest BCUT2D eigenvalue weighted by Crippen LogP contribution is 2.14. The average molecular weight is 238 g/mol. The zero-order valence-corrected chi connectivity index (χ0v) is 10.1. The Labute approximate surface area is 99.9 Å². The van der Waals surface area contributed by atoms with Gasteiger partial charge in [0.1, 0.15) is 11.9 Å². The number of hydrogen-bond donors (Lipinski definition) is 1. The molecule has 1 N–H and O–H groups in total. The Balaban J connectivity index is 2.40. The van der Waals surface area contributed by atoms with Gasteiger partial charge in [-0.1, -0.05) is 6.92 Å². The van der Waals surface area contributed by atoms with Gasteiger partial charge in [-0.25, -0.2) is 4.39 Å². The van der Waals surface area contributed by atoms with Gasteiger partial charge < -0.3 is 5.32 Å². The summed E-state index contributed by atoms with van der Waals surface area (Å²) in [4.78, 5) is 0. The number of nitrogens with zero attached hydrogens (tertiary/aromatic N) is 1. The van der Waals surface area contributed by atoms with Crippen LogP contribution in [0.1, 0.15) is 18.9 Å². The molecule has 0 radical (unpaired) electrons. The number of halogens is 1. The minimum absolute atomic E-state index is 0.0907. The predicted octanol–water partition coefficient (Wildman–Crippen LogP) is 3.25. The van der Waals surface area contributed by atoms with Crippen LogP contribution in [-0.4, -0.2) is 18.1 Å². The third kappa shape index (κ3) is 4.11. The smallest absolute Gasteiger partial charge is 0.141 e. The van der Waals surface area contributed by atoms with E-state index in [9.17, 15) is 4.39 Å². The highest BCUT2D eigenvalue weighted by Gasteiger charge is 2.01. The van der Waals surface area contributed by atoms with Gasteiger partial charge in [-0.05, 0) is 36.1 Å². The maximum absolute atomic E-state index is 13.0. The van der Waals surface area contributed by atoms with Crippen molar-refractivity contribution in [1.29, 1.82) is 5.26 Å². The van der Waals surface area contributed by atoms with Crippen molar-refractivity contribution in [2.24, 2.45) is 0 Å². The molecule has 1 aromatic carbocycles. The molecule has 0 aromatic heterocycles. The van der Waals surface area contributed by atoms with Crippen molar-refractivity contribution in [2.75, 3.05) is 23.4 Å². The number of anilines is 1. The minimum Gasteiger partial charge on any atom is -0.385 e. The standard InChI is InChI=1S/C12H15FN2S/c1-2-16-7-3-6-15-11-4-5-12(13)10(8-11)9-14/h4-5,8,15H,2-3,6-7H2,1H3. The summed E-state index contributed by atoms with van der Waals surface area (Å²) in [6.45, 7) is 2.99. The van der Waals surface area contributed by atoms with Gasteiger partial charge >= 0.3 is 0 Å². The maximum Gasteiger partial charge on any atom is 0.141 e. The highest BCUT2D eigenvalue weighted by molar-refractivity contribution is 7.99. The lowest BCUT2D eigenvalue weighted by Crippen LogP contribution is -2.03. The number of thioether (sulfide) groups is 1. The van der Waals surface area contributed by atoms with Crippen molar-refractivity contribution >= 4 is 17.4 Å². The number of nitrogens with one attached hydrogen (secondary N) is 1. The van der Waals surface area contributed by atoms with Crippen LogP contribution in [0, 0.1) is 17.1 Å². The Morgan fingerprint density at radius 3 is 3.00 bits per heavy atom. The molecule has 16 heavy (non-hydrogen) atoms. The van der Waals surface area contributed by atoms with Crippen LogP contribution in [0.15, 0.2) is 18.2 Å². The van der Waals surface area contributed by atoms with Gasteiger partial charge in [0.15, 0.2) is 0 Å². The fraction of sp³-hybridized carbons (Fsp3) is 0.417. The highest BCUT2D eigenvalue weighted by atomic mass is 32.2. The number of hydrogen-bond acceptors (Lipinski definition) is 3. The van der Waals surface area contributed by atoms with Crippen LogP contribution in [0.2, 0.25) is 0 Å². The molecule has 0 aliphatic carbocycles. The summed E-state index contributed by atoms with van der Waals surface area (Å²) in [7, 11) is 0. The van der Waals surface area contributed by atoms with E-state index in [4.69, 9.17) is 5.26 Å². The second kappa shape index (κ2) is 7.13. The van der Waals surface area contributed by atoms with E-state index in [0.717, 1.165) is 30.2 Å². The lowest BCUT2D eigenvalue weighted by atomic mass is 10.2. The van der Waals surface area contributed by atoms with E-state index >= 15 is 0 Å². The summed E-state index contributed by atoms with van der Waals surface area (Å²) in [6, 6.07) is 6.35. The van der Waals surface area contributed by atoms with Crippen molar-refractivity contribution < 1.29 is 4.39 Å². The lowest BCUT2D eigenvalue weighted by molar-refractivity contribution is 0.624. The van der Waals surface area contributed by atoms with Crippen molar-refractivity contribution in [3.8, 4) is 6.07 Å². The summed E-state index contributed by atoms with van der Waals surface area (Å²) >= 11 is 1.90. The summed E-state index contributed by atoms with van der Waals surface area (Å²) in [5, 5.41) is 11.8. The zero-order chi connectivity index (χ0) is 11.8. The topological polar surface area (TPSA) is 35.8 Å². The van der Waals surface area contributed by atoms with E-state index in [-0.39, 0.29) is 5.56 Å². The van der Waals surface area contributed by atoms with Crippen molar-refractivity contribution in [3.05, 3.63) is 29.6 Å². The Morgan fingerprint density at radius 2 is 2.31 bits per heavy atom. The second-order valence-corrected chi connectivity index (χ2v) is 4.68. The fourth-order valence-corrected chi connectivity index (χ4v) is 1.91. The van der Waals surface area contributed by atoms with Gasteiger partial charge in [-0.15, -0.1) is 0 Å². The molecule has 0 fully saturated rings. The summed E-state index contributed by atoms with van der Waals surface area (Å²) in [5.41, 5.74) is 0.896. The van der Waals surface area contributed by atoms with E-state index in [1.54, 1.807) is 12.1 Å². The summed E-state index contributed by atoms with van der Waals surface area (Å²) < 4.78 is 13.0. The monoisotopic (exact) mass is 238 g/mol. The predicted molar refractivity (Wildman–Crippen MR) is 67.2 cm³/mol. The van der Waals surface area contributed by atoms with E-state index in [0.29, 0.717) is 0 Å². The molecule has 1 aromatic rings. The fourth-order valence-electron chi connectivity index (χ4n) is 1.27. The number of rotatable bonds is 6. The Hall–Kier alpha value is -1.21. The van der Waals surface area contributed by atoms with E-state index in [1.165, 1.54) is 6.07 Å². The maximum atomic E-state index is 13.0. The van der Waals surface area contributed by atoms with Crippen molar-refractivity contribution in [2.45, 2.75) is 13.3 Å². The zero-order valence-electron chi connectivity index (χ0n) is 9.29. The molecule has 2 nitrogen and oxygen atoms in total. The van der Waals surface area contributed by atoms with Gasteiger partial charge in [0, 0.05) is 12.2 Å². The largest absolute Gasteiger partial charge is 0.385 e. The Kier molecular flexibility index (Phi) is 5.73. The van der Waals surface area contributed by atoms with Gasteiger partial charge in [0.2, 0.25) is 0 Å². The van der Waals surface area contributed by atoms with Crippen LogP contribution < -0.4 is 5.32 Å². The molecule has 0 saturated carbocycles. The van der Waals surface area contributed by atoms with Crippen LogP contribution in [0.3, 0.4) is 0 Å². The third-order valence-electron chi connectivity index (χ3n) is 2.09. The van der Waals surface area contributed by atoms with Gasteiger partial charge in [0.25, 0.3) is 0 Å². The van der Waals surface area contributed by atoms with E-state index in [1.807, 2.05) is 17.8 Å². The first-order chi connectivity index (χ1) is 7.77. The average Bonchev–Trinajstić information content (AvgIpc) is 2.31. The molecule has 0 saturated heterocycles. The molecule has 0 unspecified atom stereocenters. The third-order valence-corrected chi connectivity index (χ3v) is 3.07. The van der Waals surface area contributed by atoms with E-state index < -0.39 is 5.82 Å². The number of benzene rings is 1. The first kappa shape index (κ1) is 12.9. The Morgan fingerprint density at radius 1 is 1.50 bits per heavy atom. The summed E-state index contributed by atoms with van der Waals surface area (Å²) in [6.07, 6.45) is 1.07. The molecule has 0 amide bonds. The molecule has 86 valence electrons. The molecule has 4 heteroatoms. The van der Waals surface area contributed by atoms with E-state index in [2.05, 4.69) is 12.2 Å². The normalized spacial score (nSPS) is 9.81. The SMILES string of the molecule is CCSCCCNc1ccc(F)c(C#N)c1. The van der Waals surface area contributed by atoms with Crippen LogP contribution in [0.25, 0.3) is 0 Å². The van der Waals surface area contributed by atoms with Crippen LogP contribution in [-0.2, 0) is 0 Å². The van der Waals surface area contributed by atoms with Crippen LogP contribution in [0.5, 0.6) is 0 Å². The molecular formula is C12H15FN2S.